The monoisotopic (exact) mass is 313 g/mol. The normalized spacial score (nSPS) is 11.8. The van der Waals surface area contributed by atoms with Gasteiger partial charge in [-0.2, -0.15) is 0 Å². The van der Waals surface area contributed by atoms with Crippen molar-refractivity contribution in [3.63, 3.8) is 0 Å². The van der Waals surface area contributed by atoms with E-state index in [1.165, 1.54) is 11.1 Å². The molecule has 0 bridgehead atoms. The lowest BCUT2D eigenvalue weighted by Crippen LogP contribution is -2.42. The highest BCUT2D eigenvalue weighted by Crippen LogP contribution is 2.13. The fourth-order valence-corrected chi connectivity index (χ4v) is 1.91. The van der Waals surface area contributed by atoms with Crippen molar-refractivity contribution in [1.82, 2.24) is 9.88 Å². The van der Waals surface area contributed by atoms with E-state index in [1.54, 1.807) is 31.0 Å². The summed E-state index contributed by atoms with van der Waals surface area (Å²) in [6.45, 7) is 4.22. The molecule has 0 saturated carbocycles. The van der Waals surface area contributed by atoms with E-state index in [0.29, 0.717) is 17.4 Å². The van der Waals surface area contributed by atoms with Gasteiger partial charge in [0.2, 0.25) is 5.91 Å². The van der Waals surface area contributed by atoms with Gasteiger partial charge in [-0.25, -0.2) is 4.98 Å². The molecule has 1 atom stereocenters. The highest BCUT2D eigenvalue weighted by atomic mass is 35.5. The summed E-state index contributed by atoms with van der Waals surface area (Å²) in [6, 6.07) is 3.43. The average Bonchev–Trinajstić information content (AvgIpc) is 2.44. The molecule has 0 aromatic carbocycles. The Morgan fingerprint density at radius 1 is 1.43 bits per heavy atom. The fraction of sp³-hybridized carbons (Fsp3) is 0.500. The second kappa shape index (κ2) is 7.83. The van der Waals surface area contributed by atoms with Crippen molar-refractivity contribution >= 4 is 29.3 Å². The number of aromatic nitrogens is 1. The van der Waals surface area contributed by atoms with Crippen LogP contribution in [-0.4, -0.2) is 53.5 Å². The molecule has 1 amide bonds. The van der Waals surface area contributed by atoms with Crippen molar-refractivity contribution in [3.8, 4) is 0 Å². The number of aliphatic carboxylic acids is 1. The first kappa shape index (κ1) is 17.2. The van der Waals surface area contributed by atoms with E-state index in [4.69, 9.17) is 16.7 Å². The van der Waals surface area contributed by atoms with Gasteiger partial charge in [0.05, 0.1) is 17.5 Å². The molecule has 21 heavy (non-hydrogen) atoms. The van der Waals surface area contributed by atoms with E-state index in [9.17, 15) is 9.59 Å². The maximum absolute atomic E-state index is 12.2. The average molecular weight is 314 g/mol. The Bertz CT molecular complexity index is 493. The molecular weight excluding hydrogens is 294 g/mol. The number of carboxylic acids is 1. The molecule has 1 unspecified atom stereocenters. The number of hydrogen-bond donors (Lipinski definition) is 1. The van der Waals surface area contributed by atoms with Crippen LogP contribution < -0.4 is 4.90 Å². The molecule has 1 aromatic rings. The second-order valence-electron chi connectivity index (χ2n) is 4.86. The minimum Gasteiger partial charge on any atom is -0.481 e. The van der Waals surface area contributed by atoms with Crippen LogP contribution in [0.5, 0.6) is 0 Å². The summed E-state index contributed by atoms with van der Waals surface area (Å²) in [6.07, 6.45) is 1.52. The molecule has 0 radical (unpaired) electrons. The molecule has 0 aliphatic carbocycles. The summed E-state index contributed by atoms with van der Waals surface area (Å²) in [5.41, 5.74) is 0. The van der Waals surface area contributed by atoms with Crippen LogP contribution in [0.1, 0.15) is 13.8 Å². The van der Waals surface area contributed by atoms with Gasteiger partial charge in [-0.1, -0.05) is 18.5 Å². The van der Waals surface area contributed by atoms with Crippen LogP contribution in [0.25, 0.3) is 0 Å². The van der Waals surface area contributed by atoms with Gasteiger partial charge in [0.1, 0.15) is 5.82 Å². The van der Waals surface area contributed by atoms with E-state index in [-0.39, 0.29) is 19.0 Å². The molecule has 1 rings (SSSR count). The van der Waals surface area contributed by atoms with Gasteiger partial charge in [0.15, 0.2) is 0 Å². The molecule has 0 saturated heterocycles. The van der Waals surface area contributed by atoms with Gasteiger partial charge < -0.3 is 14.9 Å². The number of carbonyl (C=O) groups excluding carboxylic acids is 1. The quantitative estimate of drug-likeness (QED) is 0.830. The number of rotatable bonds is 7. The molecule has 0 aliphatic heterocycles. The molecule has 0 spiro atoms. The van der Waals surface area contributed by atoms with Gasteiger partial charge in [-0.05, 0) is 19.1 Å². The van der Waals surface area contributed by atoms with Crippen LogP contribution in [0.15, 0.2) is 18.3 Å². The van der Waals surface area contributed by atoms with Crippen LogP contribution in [0.4, 0.5) is 5.82 Å². The van der Waals surface area contributed by atoms with Gasteiger partial charge in [0, 0.05) is 26.3 Å². The summed E-state index contributed by atoms with van der Waals surface area (Å²) in [4.78, 5) is 30.5. The Morgan fingerprint density at radius 3 is 2.57 bits per heavy atom. The van der Waals surface area contributed by atoms with Crippen molar-refractivity contribution in [2.45, 2.75) is 13.8 Å². The standard InChI is InChI=1S/C14H20ClN3O3/c1-4-18(8-10(2)14(20)21)13(19)9-17(3)12-6-5-11(15)7-16-12/h5-7,10H,4,8-9H2,1-3H3,(H,20,21). The van der Waals surface area contributed by atoms with Crippen LogP contribution >= 0.6 is 11.6 Å². The number of anilines is 1. The zero-order valence-corrected chi connectivity index (χ0v) is 13.2. The summed E-state index contributed by atoms with van der Waals surface area (Å²) < 4.78 is 0. The Balaban J connectivity index is 2.64. The van der Waals surface area contributed by atoms with Crippen LogP contribution in [0, 0.1) is 5.92 Å². The van der Waals surface area contributed by atoms with E-state index in [0.717, 1.165) is 0 Å². The van der Waals surface area contributed by atoms with Crippen molar-refractivity contribution in [1.29, 1.82) is 0 Å². The first-order valence-corrected chi connectivity index (χ1v) is 7.06. The number of carboxylic acid groups (broad SMARTS) is 1. The van der Waals surface area contributed by atoms with E-state index in [2.05, 4.69) is 4.98 Å². The Morgan fingerprint density at radius 2 is 2.10 bits per heavy atom. The third kappa shape index (κ3) is 5.23. The van der Waals surface area contributed by atoms with Crippen LogP contribution in [-0.2, 0) is 9.59 Å². The van der Waals surface area contributed by atoms with Gasteiger partial charge >= 0.3 is 5.97 Å². The molecule has 1 heterocycles. The van der Waals surface area contributed by atoms with Gasteiger partial charge in [0.25, 0.3) is 0 Å². The molecule has 7 heteroatoms. The highest BCUT2D eigenvalue weighted by molar-refractivity contribution is 6.30. The zero-order chi connectivity index (χ0) is 16.0. The second-order valence-corrected chi connectivity index (χ2v) is 5.30. The molecule has 6 nitrogen and oxygen atoms in total. The van der Waals surface area contributed by atoms with Crippen molar-refractivity contribution < 1.29 is 14.7 Å². The number of hydrogen-bond acceptors (Lipinski definition) is 4. The number of likely N-dealkylation sites (N-methyl/N-ethyl adjacent to an activating group) is 2. The van der Waals surface area contributed by atoms with E-state index < -0.39 is 11.9 Å². The maximum Gasteiger partial charge on any atom is 0.308 e. The predicted molar refractivity (Wildman–Crippen MR) is 81.6 cm³/mol. The highest BCUT2D eigenvalue weighted by Gasteiger charge is 2.20. The number of nitrogens with zero attached hydrogens (tertiary/aromatic N) is 3. The Hall–Kier alpha value is -1.82. The first-order valence-electron chi connectivity index (χ1n) is 6.68. The number of amides is 1. The SMILES string of the molecule is CCN(CC(C)C(=O)O)C(=O)CN(C)c1ccc(Cl)cn1. The number of carbonyl (C=O) groups is 2. The lowest BCUT2D eigenvalue weighted by Gasteiger charge is -2.26. The van der Waals surface area contributed by atoms with Crippen LogP contribution in [0.3, 0.4) is 0 Å². The minimum absolute atomic E-state index is 0.134. The van der Waals surface area contributed by atoms with Crippen molar-refractivity contribution in [2.75, 3.05) is 31.6 Å². The third-order valence-corrected chi connectivity index (χ3v) is 3.35. The fourth-order valence-electron chi connectivity index (χ4n) is 1.79. The Kier molecular flexibility index (Phi) is 6.42. The predicted octanol–water partition coefficient (Wildman–Crippen LogP) is 1.74. The Labute approximate surface area is 129 Å². The lowest BCUT2D eigenvalue weighted by molar-refractivity contribution is -0.142. The molecule has 1 N–H and O–H groups in total. The molecule has 0 aliphatic rings. The smallest absolute Gasteiger partial charge is 0.308 e. The molecular formula is C14H20ClN3O3. The summed E-state index contributed by atoms with van der Waals surface area (Å²) >= 11 is 5.77. The minimum atomic E-state index is -0.908. The van der Waals surface area contributed by atoms with Gasteiger partial charge in [-0.15, -0.1) is 0 Å². The van der Waals surface area contributed by atoms with Crippen molar-refractivity contribution in [2.24, 2.45) is 5.92 Å². The summed E-state index contributed by atoms with van der Waals surface area (Å²) in [5, 5.41) is 9.45. The number of halogens is 1. The van der Waals surface area contributed by atoms with Gasteiger partial charge in [-0.3, -0.25) is 9.59 Å². The largest absolute Gasteiger partial charge is 0.481 e. The molecule has 116 valence electrons. The molecule has 1 aromatic heterocycles. The third-order valence-electron chi connectivity index (χ3n) is 3.13. The summed E-state index contributed by atoms with van der Waals surface area (Å²) in [7, 11) is 1.75. The van der Waals surface area contributed by atoms with Crippen molar-refractivity contribution in [3.05, 3.63) is 23.4 Å². The van der Waals surface area contributed by atoms with E-state index >= 15 is 0 Å². The zero-order valence-electron chi connectivity index (χ0n) is 12.4. The number of pyridine rings is 1. The molecule has 0 fully saturated rings. The van der Waals surface area contributed by atoms with Crippen LogP contribution in [0.2, 0.25) is 5.02 Å². The van der Waals surface area contributed by atoms with E-state index in [1.807, 2.05) is 6.92 Å². The topological polar surface area (TPSA) is 73.7 Å². The first-order chi connectivity index (χ1) is 9.85. The maximum atomic E-state index is 12.2. The summed E-state index contributed by atoms with van der Waals surface area (Å²) in [5.74, 6) is -0.998. The lowest BCUT2D eigenvalue weighted by atomic mass is 10.1.